The van der Waals surface area contributed by atoms with E-state index in [-0.39, 0.29) is 68.0 Å². The van der Waals surface area contributed by atoms with Crippen molar-refractivity contribution in [2.75, 3.05) is 52.6 Å². The van der Waals surface area contributed by atoms with Crippen LogP contribution in [0.25, 0.3) is 0 Å². The van der Waals surface area contributed by atoms with E-state index in [2.05, 4.69) is 0 Å². The lowest BCUT2D eigenvalue weighted by Crippen LogP contribution is -2.40. The van der Waals surface area contributed by atoms with Crippen molar-refractivity contribution in [3.05, 3.63) is 58.1 Å². The zero-order chi connectivity index (χ0) is 25.9. The molecule has 2 fully saturated rings. The van der Waals surface area contributed by atoms with Gasteiger partial charge in [-0.15, -0.1) is 0 Å². The maximum absolute atomic E-state index is 12.9. The molecule has 2 saturated heterocycles. The van der Waals surface area contributed by atoms with Gasteiger partial charge in [0.05, 0.1) is 46.7 Å². The SMILES string of the molecule is O=C(Oc1ccc(S(=O)(=O)N2CCOCC2)cc1[N+](=O)[O-])c1cccc(S(=O)(=O)N2CCOCC2)c1. The van der Waals surface area contributed by atoms with Gasteiger partial charge in [0, 0.05) is 32.2 Å². The van der Waals surface area contributed by atoms with Gasteiger partial charge in [0.2, 0.25) is 25.8 Å². The Morgan fingerprint density at radius 2 is 1.36 bits per heavy atom. The molecule has 2 aromatic carbocycles. The number of nitrogens with zero attached hydrogens (tertiary/aromatic N) is 3. The minimum absolute atomic E-state index is 0.108. The van der Waals surface area contributed by atoms with Gasteiger partial charge in [-0.2, -0.15) is 8.61 Å². The molecule has 0 N–H and O–H groups in total. The fourth-order valence-corrected chi connectivity index (χ4v) is 6.58. The fourth-order valence-electron chi connectivity index (χ4n) is 3.70. The van der Waals surface area contributed by atoms with Gasteiger partial charge in [-0.25, -0.2) is 21.6 Å². The summed E-state index contributed by atoms with van der Waals surface area (Å²) in [5, 5.41) is 11.6. The minimum atomic E-state index is -4.02. The number of carbonyl (C=O) groups excluding carboxylic acids is 1. The Kier molecular flexibility index (Phi) is 7.67. The van der Waals surface area contributed by atoms with Crippen molar-refractivity contribution in [2.24, 2.45) is 0 Å². The summed E-state index contributed by atoms with van der Waals surface area (Å²) in [6.45, 7) is 1.47. The number of morpholine rings is 2. The molecule has 4 rings (SSSR count). The summed E-state index contributed by atoms with van der Waals surface area (Å²) in [6, 6.07) is 8.08. The molecular formula is C21H23N3O10S2. The summed E-state index contributed by atoms with van der Waals surface area (Å²) in [5.41, 5.74) is -0.876. The predicted octanol–water partition coefficient (Wildman–Crippen LogP) is 0.856. The van der Waals surface area contributed by atoms with Crippen LogP contribution in [0.5, 0.6) is 5.75 Å². The molecule has 0 radical (unpaired) electrons. The smallest absolute Gasteiger partial charge is 0.343 e. The highest BCUT2D eigenvalue weighted by Crippen LogP contribution is 2.32. The van der Waals surface area contributed by atoms with E-state index in [0.29, 0.717) is 0 Å². The molecule has 15 heteroatoms. The fraction of sp³-hybridized carbons (Fsp3) is 0.381. The van der Waals surface area contributed by atoms with Crippen LogP contribution in [0.4, 0.5) is 5.69 Å². The molecule has 0 unspecified atom stereocenters. The summed E-state index contributed by atoms with van der Waals surface area (Å²) in [7, 11) is -7.91. The van der Waals surface area contributed by atoms with E-state index in [9.17, 15) is 31.7 Å². The lowest BCUT2D eigenvalue weighted by Gasteiger charge is -2.26. The zero-order valence-electron chi connectivity index (χ0n) is 18.9. The molecule has 13 nitrogen and oxygen atoms in total. The van der Waals surface area contributed by atoms with Crippen molar-refractivity contribution in [3.8, 4) is 5.75 Å². The highest BCUT2D eigenvalue weighted by atomic mass is 32.2. The van der Waals surface area contributed by atoms with Crippen LogP contribution in [0, 0.1) is 10.1 Å². The number of rotatable bonds is 7. The molecule has 2 aliphatic heterocycles. The van der Waals surface area contributed by atoms with Gasteiger partial charge in [-0.3, -0.25) is 10.1 Å². The van der Waals surface area contributed by atoms with Crippen LogP contribution in [-0.2, 0) is 29.5 Å². The molecule has 0 bridgehead atoms. The van der Waals surface area contributed by atoms with Crippen LogP contribution < -0.4 is 4.74 Å². The standard InChI is InChI=1S/C21H23N3O10S2/c25-21(16-2-1-3-17(14-16)35(28,29)22-6-10-32-11-7-22)34-20-5-4-18(15-19(20)24(26)27)36(30,31)23-8-12-33-13-9-23/h1-5,14-15H,6-13H2. The topological polar surface area (TPSA) is 163 Å². The number of carbonyl (C=O) groups is 1. The van der Waals surface area contributed by atoms with Crippen LogP contribution in [0.2, 0.25) is 0 Å². The molecule has 194 valence electrons. The molecule has 2 aliphatic rings. The monoisotopic (exact) mass is 541 g/mol. The molecule has 0 aliphatic carbocycles. The molecule has 36 heavy (non-hydrogen) atoms. The second-order valence-corrected chi connectivity index (χ2v) is 11.7. The van der Waals surface area contributed by atoms with E-state index >= 15 is 0 Å². The second kappa shape index (κ2) is 10.6. The largest absolute Gasteiger partial charge is 0.416 e. The lowest BCUT2D eigenvalue weighted by atomic mass is 10.2. The van der Waals surface area contributed by atoms with Gasteiger partial charge in [0.1, 0.15) is 0 Å². The highest BCUT2D eigenvalue weighted by Gasteiger charge is 2.31. The van der Waals surface area contributed by atoms with Crippen molar-refractivity contribution in [3.63, 3.8) is 0 Å². The number of sulfonamides is 2. The Bertz CT molecular complexity index is 1370. The number of benzene rings is 2. The highest BCUT2D eigenvalue weighted by molar-refractivity contribution is 7.89. The summed E-state index contributed by atoms with van der Waals surface area (Å²) < 4.78 is 69.4. The lowest BCUT2D eigenvalue weighted by molar-refractivity contribution is -0.385. The van der Waals surface area contributed by atoms with E-state index in [4.69, 9.17) is 14.2 Å². The van der Waals surface area contributed by atoms with E-state index in [1.54, 1.807) is 0 Å². The maximum Gasteiger partial charge on any atom is 0.343 e. The number of esters is 1. The van der Waals surface area contributed by atoms with Gasteiger partial charge >= 0.3 is 11.7 Å². The van der Waals surface area contributed by atoms with E-state index in [1.807, 2.05) is 0 Å². The molecule has 0 aromatic heterocycles. The van der Waals surface area contributed by atoms with Gasteiger partial charge < -0.3 is 14.2 Å². The van der Waals surface area contributed by atoms with Gasteiger partial charge in [0.25, 0.3) is 0 Å². The Morgan fingerprint density at radius 1 is 0.833 bits per heavy atom. The molecule has 2 heterocycles. The van der Waals surface area contributed by atoms with Crippen molar-refractivity contribution < 1.29 is 40.8 Å². The van der Waals surface area contributed by atoms with Crippen molar-refractivity contribution in [2.45, 2.75) is 9.79 Å². The number of nitro groups is 1. The molecule has 0 amide bonds. The van der Waals surface area contributed by atoms with E-state index in [1.165, 1.54) is 22.5 Å². The summed E-state index contributed by atoms with van der Waals surface area (Å²) in [4.78, 5) is 23.1. The Labute approximate surface area is 207 Å². The number of hydrogen-bond donors (Lipinski definition) is 0. The predicted molar refractivity (Wildman–Crippen MR) is 124 cm³/mol. The normalized spacial score (nSPS) is 18.0. The number of hydrogen-bond acceptors (Lipinski definition) is 10. The van der Waals surface area contributed by atoms with Crippen molar-refractivity contribution >= 4 is 31.7 Å². The average Bonchev–Trinajstić information content (AvgIpc) is 2.89. The van der Waals surface area contributed by atoms with Gasteiger partial charge in [-0.05, 0) is 30.3 Å². The molecule has 0 spiro atoms. The number of nitro benzene ring substituents is 1. The Hall–Kier alpha value is -2.95. The third kappa shape index (κ3) is 5.40. The summed E-state index contributed by atoms with van der Waals surface area (Å²) in [6.07, 6.45) is 0. The van der Waals surface area contributed by atoms with Crippen molar-refractivity contribution in [1.29, 1.82) is 0 Å². The van der Waals surface area contributed by atoms with Crippen molar-refractivity contribution in [1.82, 2.24) is 8.61 Å². The van der Waals surface area contributed by atoms with Gasteiger partial charge in [0.15, 0.2) is 0 Å². The first-order chi connectivity index (χ1) is 17.1. The first-order valence-electron chi connectivity index (χ1n) is 10.9. The van der Waals surface area contributed by atoms with Gasteiger partial charge in [-0.1, -0.05) is 6.07 Å². The van der Waals surface area contributed by atoms with Crippen LogP contribution in [0.3, 0.4) is 0 Å². The van der Waals surface area contributed by atoms with Crippen LogP contribution >= 0.6 is 0 Å². The first kappa shape index (κ1) is 26.1. The number of ether oxygens (including phenoxy) is 3. The van der Waals surface area contributed by atoms with E-state index in [0.717, 1.165) is 28.6 Å². The summed E-state index contributed by atoms with van der Waals surface area (Å²) >= 11 is 0. The summed E-state index contributed by atoms with van der Waals surface area (Å²) in [5.74, 6) is -1.52. The van der Waals surface area contributed by atoms with Crippen LogP contribution in [0.1, 0.15) is 10.4 Å². The molecule has 2 aromatic rings. The average molecular weight is 542 g/mol. The zero-order valence-corrected chi connectivity index (χ0v) is 20.6. The van der Waals surface area contributed by atoms with Crippen LogP contribution in [0.15, 0.2) is 52.3 Å². The quantitative estimate of drug-likeness (QED) is 0.213. The third-order valence-electron chi connectivity index (χ3n) is 5.62. The van der Waals surface area contributed by atoms with E-state index < -0.39 is 42.4 Å². The maximum atomic E-state index is 12.9. The van der Waals surface area contributed by atoms with Crippen LogP contribution in [-0.4, -0.2) is 88.9 Å². The molecular weight excluding hydrogens is 518 g/mol. The first-order valence-corrected chi connectivity index (χ1v) is 13.8. The Balaban J connectivity index is 1.58. The second-order valence-electron chi connectivity index (χ2n) is 7.84. The minimum Gasteiger partial charge on any atom is -0.416 e. The molecule has 0 saturated carbocycles. The third-order valence-corrected chi connectivity index (χ3v) is 9.40. The Morgan fingerprint density at radius 3 is 1.89 bits per heavy atom. The molecule has 0 atom stereocenters.